The van der Waals surface area contributed by atoms with Crippen molar-refractivity contribution in [3.8, 4) is 0 Å². The SMILES string of the molecule is CN(C)C(=O)c1cccc(NC(=O)c2ccnc(Cl)c2)c1. The van der Waals surface area contributed by atoms with E-state index < -0.39 is 0 Å². The van der Waals surface area contributed by atoms with Gasteiger partial charge < -0.3 is 10.2 Å². The van der Waals surface area contributed by atoms with Gasteiger partial charge in [0.1, 0.15) is 5.15 Å². The Morgan fingerprint density at radius 2 is 1.90 bits per heavy atom. The number of rotatable bonds is 3. The molecule has 2 rings (SSSR count). The van der Waals surface area contributed by atoms with Crippen LogP contribution in [0.3, 0.4) is 0 Å². The van der Waals surface area contributed by atoms with E-state index in [1.807, 2.05) is 0 Å². The molecule has 0 saturated heterocycles. The summed E-state index contributed by atoms with van der Waals surface area (Å²) in [5, 5.41) is 2.97. The topological polar surface area (TPSA) is 62.3 Å². The van der Waals surface area contributed by atoms with Gasteiger partial charge in [0.05, 0.1) is 0 Å². The third kappa shape index (κ3) is 3.79. The molecule has 6 heteroatoms. The summed E-state index contributed by atoms with van der Waals surface area (Å²) < 4.78 is 0. The van der Waals surface area contributed by atoms with Gasteiger partial charge in [-0.05, 0) is 30.3 Å². The number of aromatic nitrogens is 1. The number of anilines is 1. The largest absolute Gasteiger partial charge is 0.345 e. The number of benzene rings is 1. The second-order valence-electron chi connectivity index (χ2n) is 4.60. The summed E-state index contributed by atoms with van der Waals surface area (Å²) in [6.07, 6.45) is 1.46. The Hall–Kier alpha value is -2.40. The normalized spacial score (nSPS) is 10.0. The minimum atomic E-state index is -0.311. The van der Waals surface area contributed by atoms with Crippen LogP contribution in [-0.2, 0) is 0 Å². The molecule has 108 valence electrons. The van der Waals surface area contributed by atoms with E-state index in [1.165, 1.54) is 17.2 Å². The van der Waals surface area contributed by atoms with Crippen molar-refractivity contribution in [1.29, 1.82) is 0 Å². The quantitative estimate of drug-likeness (QED) is 0.887. The van der Waals surface area contributed by atoms with Gasteiger partial charge in [-0.1, -0.05) is 17.7 Å². The summed E-state index contributed by atoms with van der Waals surface area (Å²) in [4.78, 5) is 29.3. The summed E-state index contributed by atoms with van der Waals surface area (Å²) >= 11 is 5.75. The van der Waals surface area contributed by atoms with Crippen molar-refractivity contribution >= 4 is 29.1 Å². The van der Waals surface area contributed by atoms with Crippen LogP contribution in [-0.4, -0.2) is 35.8 Å². The summed E-state index contributed by atoms with van der Waals surface area (Å²) in [5.74, 6) is -0.438. The highest BCUT2D eigenvalue weighted by Crippen LogP contribution is 2.14. The molecule has 2 aromatic rings. The predicted molar refractivity (Wildman–Crippen MR) is 81.7 cm³/mol. The van der Waals surface area contributed by atoms with Crippen molar-refractivity contribution in [3.63, 3.8) is 0 Å². The second kappa shape index (κ2) is 6.37. The smallest absolute Gasteiger partial charge is 0.255 e. The van der Waals surface area contributed by atoms with Gasteiger partial charge in [0.25, 0.3) is 11.8 Å². The molecule has 21 heavy (non-hydrogen) atoms. The maximum Gasteiger partial charge on any atom is 0.255 e. The number of pyridine rings is 1. The molecular weight excluding hydrogens is 290 g/mol. The molecule has 2 amide bonds. The molecule has 1 heterocycles. The number of carbonyl (C=O) groups excluding carboxylic acids is 2. The first-order chi connectivity index (χ1) is 9.97. The maximum absolute atomic E-state index is 12.1. The molecule has 0 spiro atoms. The van der Waals surface area contributed by atoms with Gasteiger partial charge in [0.2, 0.25) is 0 Å². The monoisotopic (exact) mass is 303 g/mol. The van der Waals surface area contributed by atoms with E-state index in [0.29, 0.717) is 16.8 Å². The summed E-state index contributed by atoms with van der Waals surface area (Å²) in [7, 11) is 3.35. The molecule has 0 fully saturated rings. The van der Waals surface area contributed by atoms with Crippen molar-refractivity contribution in [1.82, 2.24) is 9.88 Å². The molecule has 1 N–H and O–H groups in total. The van der Waals surface area contributed by atoms with Crippen LogP contribution in [0.5, 0.6) is 0 Å². The Labute approximate surface area is 127 Å². The second-order valence-corrected chi connectivity index (χ2v) is 4.99. The molecule has 5 nitrogen and oxygen atoms in total. The molecular formula is C15H14ClN3O2. The molecule has 0 aliphatic heterocycles. The van der Waals surface area contributed by atoms with E-state index in [2.05, 4.69) is 10.3 Å². The summed E-state index contributed by atoms with van der Waals surface area (Å²) in [6, 6.07) is 9.80. The molecule has 0 aliphatic rings. The molecule has 1 aromatic heterocycles. The van der Waals surface area contributed by atoms with E-state index in [9.17, 15) is 9.59 Å². The average Bonchev–Trinajstić information content (AvgIpc) is 2.46. The minimum Gasteiger partial charge on any atom is -0.345 e. The van der Waals surface area contributed by atoms with E-state index in [0.717, 1.165) is 0 Å². The first-order valence-electron chi connectivity index (χ1n) is 6.22. The van der Waals surface area contributed by atoms with E-state index >= 15 is 0 Å². The van der Waals surface area contributed by atoms with Crippen LogP contribution in [0.1, 0.15) is 20.7 Å². The zero-order valence-electron chi connectivity index (χ0n) is 11.6. The lowest BCUT2D eigenvalue weighted by molar-refractivity contribution is 0.0827. The van der Waals surface area contributed by atoms with Crippen molar-refractivity contribution < 1.29 is 9.59 Å². The molecule has 0 unspecified atom stereocenters. The van der Waals surface area contributed by atoms with E-state index in [-0.39, 0.29) is 17.0 Å². The van der Waals surface area contributed by atoms with Crippen LogP contribution in [0.2, 0.25) is 5.15 Å². The van der Waals surface area contributed by atoms with Gasteiger partial charge in [-0.25, -0.2) is 4.98 Å². The first kappa shape index (κ1) is 15.0. The van der Waals surface area contributed by atoms with Gasteiger partial charge in [-0.2, -0.15) is 0 Å². The van der Waals surface area contributed by atoms with Crippen LogP contribution >= 0.6 is 11.6 Å². The third-order valence-electron chi connectivity index (χ3n) is 2.76. The minimum absolute atomic E-state index is 0.127. The number of nitrogens with one attached hydrogen (secondary N) is 1. The Morgan fingerprint density at radius 3 is 2.57 bits per heavy atom. The molecule has 1 aromatic carbocycles. The Morgan fingerprint density at radius 1 is 1.14 bits per heavy atom. The number of carbonyl (C=O) groups is 2. The Balaban J connectivity index is 2.18. The fraction of sp³-hybridized carbons (Fsp3) is 0.133. The van der Waals surface area contributed by atoms with E-state index in [4.69, 9.17) is 11.6 Å². The lowest BCUT2D eigenvalue weighted by Crippen LogP contribution is -2.22. The van der Waals surface area contributed by atoms with Crippen molar-refractivity contribution in [2.75, 3.05) is 19.4 Å². The van der Waals surface area contributed by atoms with Gasteiger partial charge in [0.15, 0.2) is 0 Å². The van der Waals surface area contributed by atoms with Crippen LogP contribution in [0.4, 0.5) is 5.69 Å². The zero-order valence-corrected chi connectivity index (χ0v) is 12.4. The van der Waals surface area contributed by atoms with Gasteiger partial charge in [-0.3, -0.25) is 9.59 Å². The van der Waals surface area contributed by atoms with Crippen LogP contribution in [0.25, 0.3) is 0 Å². The highest BCUT2D eigenvalue weighted by Gasteiger charge is 2.11. The lowest BCUT2D eigenvalue weighted by Gasteiger charge is -2.11. The average molecular weight is 304 g/mol. The number of hydrogen-bond acceptors (Lipinski definition) is 3. The van der Waals surface area contributed by atoms with E-state index in [1.54, 1.807) is 44.4 Å². The molecule has 0 aliphatic carbocycles. The van der Waals surface area contributed by atoms with Crippen LogP contribution < -0.4 is 5.32 Å². The number of hydrogen-bond donors (Lipinski definition) is 1. The number of amides is 2. The van der Waals surface area contributed by atoms with Crippen LogP contribution in [0, 0.1) is 0 Å². The van der Waals surface area contributed by atoms with Crippen molar-refractivity contribution in [3.05, 3.63) is 58.9 Å². The zero-order chi connectivity index (χ0) is 15.4. The fourth-order valence-corrected chi connectivity index (χ4v) is 1.91. The van der Waals surface area contributed by atoms with Gasteiger partial charge in [0, 0.05) is 37.1 Å². The maximum atomic E-state index is 12.1. The highest BCUT2D eigenvalue weighted by atomic mass is 35.5. The van der Waals surface area contributed by atoms with Crippen molar-refractivity contribution in [2.24, 2.45) is 0 Å². The summed E-state index contributed by atoms with van der Waals surface area (Å²) in [5.41, 5.74) is 1.45. The highest BCUT2D eigenvalue weighted by molar-refractivity contribution is 6.29. The van der Waals surface area contributed by atoms with Crippen LogP contribution in [0.15, 0.2) is 42.6 Å². The molecule has 0 radical (unpaired) electrons. The Kier molecular flexibility index (Phi) is 4.55. The number of halogens is 1. The lowest BCUT2D eigenvalue weighted by atomic mass is 10.1. The van der Waals surface area contributed by atoms with Gasteiger partial charge in [-0.15, -0.1) is 0 Å². The number of nitrogens with zero attached hydrogens (tertiary/aromatic N) is 2. The fourth-order valence-electron chi connectivity index (χ4n) is 1.74. The summed E-state index contributed by atoms with van der Waals surface area (Å²) in [6.45, 7) is 0. The predicted octanol–water partition coefficient (Wildman–Crippen LogP) is 2.69. The molecule has 0 bridgehead atoms. The van der Waals surface area contributed by atoms with Crippen molar-refractivity contribution in [2.45, 2.75) is 0 Å². The molecule has 0 atom stereocenters. The Bertz CT molecular complexity index is 686. The first-order valence-corrected chi connectivity index (χ1v) is 6.60. The molecule has 0 saturated carbocycles. The van der Waals surface area contributed by atoms with Gasteiger partial charge >= 0.3 is 0 Å². The third-order valence-corrected chi connectivity index (χ3v) is 2.97. The standard InChI is InChI=1S/C15H14ClN3O2/c1-19(2)15(21)11-4-3-5-12(8-11)18-14(20)10-6-7-17-13(16)9-10/h3-9H,1-2H3,(H,18,20).